The van der Waals surface area contributed by atoms with Crippen LogP contribution in [0.15, 0.2) is 48.7 Å². The quantitative estimate of drug-likeness (QED) is 0.425. The average molecular weight is 323 g/mol. The molecule has 0 radical (unpaired) electrons. The van der Waals surface area contributed by atoms with Crippen molar-refractivity contribution in [2.45, 2.75) is 6.54 Å². The van der Waals surface area contributed by atoms with E-state index in [1.54, 1.807) is 0 Å². The SMILES string of the molecule is OCCNCc1cc2cc(-c3c[nH]c4cc(F)ccc34)ccc2[nH]1. The summed E-state index contributed by atoms with van der Waals surface area (Å²) in [6, 6.07) is 13.2. The molecule has 24 heavy (non-hydrogen) atoms. The predicted octanol–water partition coefficient (Wildman–Crippen LogP) is 3.54. The van der Waals surface area contributed by atoms with Gasteiger partial charge in [-0.1, -0.05) is 6.07 Å². The highest BCUT2D eigenvalue weighted by Crippen LogP contribution is 2.31. The van der Waals surface area contributed by atoms with Gasteiger partial charge in [-0.3, -0.25) is 0 Å². The van der Waals surface area contributed by atoms with E-state index in [2.05, 4.69) is 39.6 Å². The first-order valence-corrected chi connectivity index (χ1v) is 7.95. The zero-order chi connectivity index (χ0) is 16.5. The van der Waals surface area contributed by atoms with E-state index in [9.17, 15) is 4.39 Å². The number of aromatic amines is 2. The van der Waals surface area contributed by atoms with Gasteiger partial charge in [0.15, 0.2) is 0 Å². The van der Waals surface area contributed by atoms with E-state index in [1.165, 1.54) is 12.1 Å². The normalized spacial score (nSPS) is 11.6. The molecule has 4 N–H and O–H groups in total. The molecule has 0 atom stereocenters. The Labute approximate surface area is 138 Å². The fraction of sp³-hybridized carbons (Fsp3) is 0.158. The lowest BCUT2D eigenvalue weighted by Gasteiger charge is -2.00. The molecule has 0 fully saturated rings. The second-order valence-electron chi connectivity index (χ2n) is 5.89. The number of aromatic nitrogens is 2. The summed E-state index contributed by atoms with van der Waals surface area (Å²) >= 11 is 0. The summed E-state index contributed by atoms with van der Waals surface area (Å²) in [6.45, 7) is 1.40. The lowest BCUT2D eigenvalue weighted by atomic mass is 10.0. The van der Waals surface area contributed by atoms with Crippen molar-refractivity contribution in [1.82, 2.24) is 15.3 Å². The van der Waals surface area contributed by atoms with Gasteiger partial charge in [-0.15, -0.1) is 0 Å². The predicted molar refractivity (Wildman–Crippen MR) is 94.3 cm³/mol. The Balaban J connectivity index is 1.71. The van der Waals surface area contributed by atoms with Crippen molar-refractivity contribution in [2.24, 2.45) is 0 Å². The Morgan fingerprint density at radius 1 is 1.04 bits per heavy atom. The summed E-state index contributed by atoms with van der Waals surface area (Å²) in [4.78, 5) is 6.50. The molecule has 0 bridgehead atoms. The Morgan fingerprint density at radius 2 is 1.96 bits per heavy atom. The standard InChI is InChI=1S/C19H18FN3O/c20-14-2-3-16-17(11-22-19(16)9-14)12-1-4-18-13(7-12)8-15(23-18)10-21-5-6-24/h1-4,7-9,11,21-24H,5-6,10H2. The van der Waals surface area contributed by atoms with Crippen LogP contribution in [0.25, 0.3) is 32.9 Å². The average Bonchev–Trinajstić information content (AvgIpc) is 3.17. The Hall–Kier alpha value is -2.63. The molecule has 0 spiro atoms. The maximum atomic E-state index is 13.3. The maximum absolute atomic E-state index is 13.3. The van der Waals surface area contributed by atoms with Crippen molar-refractivity contribution in [2.75, 3.05) is 13.2 Å². The van der Waals surface area contributed by atoms with Crippen LogP contribution in [0.5, 0.6) is 0 Å². The number of hydrogen-bond donors (Lipinski definition) is 4. The van der Waals surface area contributed by atoms with Crippen LogP contribution in [0.4, 0.5) is 4.39 Å². The number of nitrogens with one attached hydrogen (secondary N) is 3. The number of H-pyrrole nitrogens is 2. The van der Waals surface area contributed by atoms with Crippen LogP contribution >= 0.6 is 0 Å². The minimum atomic E-state index is -0.239. The van der Waals surface area contributed by atoms with Crippen molar-refractivity contribution >= 4 is 21.8 Å². The largest absolute Gasteiger partial charge is 0.395 e. The molecule has 122 valence electrons. The van der Waals surface area contributed by atoms with Crippen LogP contribution < -0.4 is 5.32 Å². The number of hydrogen-bond acceptors (Lipinski definition) is 2. The molecule has 5 heteroatoms. The zero-order valence-electron chi connectivity index (χ0n) is 13.1. The molecule has 0 aliphatic heterocycles. The maximum Gasteiger partial charge on any atom is 0.125 e. The van der Waals surface area contributed by atoms with Crippen LogP contribution in [0.3, 0.4) is 0 Å². The number of aliphatic hydroxyl groups is 1. The van der Waals surface area contributed by atoms with E-state index < -0.39 is 0 Å². The van der Waals surface area contributed by atoms with Gasteiger partial charge in [0.25, 0.3) is 0 Å². The smallest absolute Gasteiger partial charge is 0.125 e. The topological polar surface area (TPSA) is 63.8 Å². The van der Waals surface area contributed by atoms with E-state index in [1.807, 2.05) is 12.3 Å². The van der Waals surface area contributed by atoms with E-state index in [0.29, 0.717) is 13.1 Å². The van der Waals surface area contributed by atoms with Gasteiger partial charge in [0.2, 0.25) is 0 Å². The lowest BCUT2D eigenvalue weighted by molar-refractivity contribution is 0.292. The van der Waals surface area contributed by atoms with Crippen molar-refractivity contribution < 1.29 is 9.50 Å². The second kappa shape index (κ2) is 6.11. The van der Waals surface area contributed by atoms with E-state index in [0.717, 1.165) is 38.6 Å². The summed E-state index contributed by atoms with van der Waals surface area (Å²) in [6.07, 6.45) is 1.92. The van der Waals surface area contributed by atoms with Crippen LogP contribution in [0, 0.1) is 5.82 Å². The first-order valence-electron chi connectivity index (χ1n) is 7.95. The lowest BCUT2D eigenvalue weighted by Crippen LogP contribution is -2.17. The van der Waals surface area contributed by atoms with Crippen molar-refractivity contribution in [3.05, 3.63) is 60.2 Å². The first kappa shape index (κ1) is 14.9. The Kier molecular flexibility index (Phi) is 3.80. The summed E-state index contributed by atoms with van der Waals surface area (Å²) < 4.78 is 13.3. The van der Waals surface area contributed by atoms with Crippen molar-refractivity contribution in [3.63, 3.8) is 0 Å². The summed E-state index contributed by atoms with van der Waals surface area (Å²) in [5, 5.41) is 14.1. The molecule has 2 heterocycles. The highest BCUT2D eigenvalue weighted by atomic mass is 19.1. The molecule has 2 aromatic heterocycles. The number of aliphatic hydroxyl groups excluding tert-OH is 1. The molecule has 0 saturated carbocycles. The van der Waals surface area contributed by atoms with Gasteiger partial charge in [-0.05, 0) is 42.0 Å². The molecule has 0 aliphatic rings. The van der Waals surface area contributed by atoms with E-state index in [4.69, 9.17) is 5.11 Å². The van der Waals surface area contributed by atoms with Gasteiger partial charge in [0.05, 0.1) is 6.61 Å². The van der Waals surface area contributed by atoms with Gasteiger partial charge >= 0.3 is 0 Å². The number of rotatable bonds is 5. The Bertz CT molecular complexity index is 1000. The fourth-order valence-electron chi connectivity index (χ4n) is 3.09. The number of fused-ring (bicyclic) bond motifs is 2. The highest BCUT2D eigenvalue weighted by Gasteiger charge is 2.09. The first-order chi connectivity index (χ1) is 11.7. The van der Waals surface area contributed by atoms with Gasteiger partial charge in [0.1, 0.15) is 5.82 Å². The van der Waals surface area contributed by atoms with Crippen molar-refractivity contribution in [1.29, 1.82) is 0 Å². The summed E-state index contributed by atoms with van der Waals surface area (Å²) in [5.74, 6) is -0.239. The molecule has 2 aromatic carbocycles. The van der Waals surface area contributed by atoms with Gasteiger partial charge in [-0.2, -0.15) is 0 Å². The zero-order valence-corrected chi connectivity index (χ0v) is 13.1. The fourth-order valence-corrected chi connectivity index (χ4v) is 3.09. The molecule has 0 amide bonds. The van der Waals surface area contributed by atoms with Crippen LogP contribution in [-0.4, -0.2) is 28.2 Å². The molecule has 4 nitrogen and oxygen atoms in total. The molecular formula is C19H18FN3O. The van der Waals surface area contributed by atoms with Gasteiger partial charge in [0, 0.05) is 52.3 Å². The van der Waals surface area contributed by atoms with Crippen molar-refractivity contribution in [3.8, 4) is 11.1 Å². The van der Waals surface area contributed by atoms with Gasteiger partial charge < -0.3 is 20.4 Å². The minimum absolute atomic E-state index is 0.130. The summed E-state index contributed by atoms with van der Waals surface area (Å²) in [5.41, 5.74) is 5.11. The number of halogens is 1. The molecule has 0 saturated heterocycles. The second-order valence-corrected chi connectivity index (χ2v) is 5.89. The molecular weight excluding hydrogens is 305 g/mol. The third kappa shape index (κ3) is 2.68. The third-order valence-corrected chi connectivity index (χ3v) is 4.24. The Morgan fingerprint density at radius 3 is 2.83 bits per heavy atom. The molecule has 4 aromatic rings. The minimum Gasteiger partial charge on any atom is -0.395 e. The highest BCUT2D eigenvalue weighted by molar-refractivity contribution is 5.97. The molecule has 0 unspecified atom stereocenters. The monoisotopic (exact) mass is 323 g/mol. The third-order valence-electron chi connectivity index (χ3n) is 4.24. The van der Waals surface area contributed by atoms with Gasteiger partial charge in [-0.25, -0.2) is 4.39 Å². The van der Waals surface area contributed by atoms with Crippen LogP contribution in [0.1, 0.15) is 5.69 Å². The van der Waals surface area contributed by atoms with Crippen LogP contribution in [0.2, 0.25) is 0 Å². The van der Waals surface area contributed by atoms with E-state index in [-0.39, 0.29) is 12.4 Å². The molecule has 4 rings (SSSR count). The summed E-state index contributed by atoms with van der Waals surface area (Å²) in [7, 11) is 0. The van der Waals surface area contributed by atoms with E-state index >= 15 is 0 Å². The van der Waals surface area contributed by atoms with Crippen LogP contribution in [-0.2, 0) is 6.54 Å². The number of benzene rings is 2. The molecule has 0 aliphatic carbocycles.